The molecule has 0 N–H and O–H groups in total. The van der Waals surface area contributed by atoms with Gasteiger partial charge in [-0.2, -0.15) is 9.29 Å². The Balaban J connectivity index is 1.47. The minimum absolute atomic E-state index is 0.102. The lowest BCUT2D eigenvalue weighted by Gasteiger charge is -2.35. The van der Waals surface area contributed by atoms with Crippen molar-refractivity contribution in [3.63, 3.8) is 0 Å². The molecule has 1 aromatic carbocycles. The SMILES string of the molecule is O=S(=O)(c1ccc(F)cc1)N1CCN(c2nc(N3CCOCC3)ncc2Br)CC1. The second-order valence-corrected chi connectivity index (χ2v) is 9.58. The van der Waals surface area contributed by atoms with Gasteiger partial charge in [0.2, 0.25) is 16.0 Å². The molecule has 0 spiro atoms. The summed E-state index contributed by atoms with van der Waals surface area (Å²) in [5, 5.41) is 0. The Bertz CT molecular complexity index is 962. The van der Waals surface area contributed by atoms with Crippen molar-refractivity contribution in [1.82, 2.24) is 14.3 Å². The van der Waals surface area contributed by atoms with Crippen LogP contribution in [0.1, 0.15) is 0 Å². The van der Waals surface area contributed by atoms with Crippen LogP contribution in [0.15, 0.2) is 39.8 Å². The van der Waals surface area contributed by atoms with E-state index in [4.69, 9.17) is 9.72 Å². The molecule has 2 aliphatic rings. The van der Waals surface area contributed by atoms with Crippen molar-refractivity contribution in [3.8, 4) is 0 Å². The number of anilines is 2. The molecule has 0 saturated carbocycles. The van der Waals surface area contributed by atoms with Crippen LogP contribution in [-0.4, -0.2) is 75.2 Å². The van der Waals surface area contributed by atoms with Gasteiger partial charge in [-0.1, -0.05) is 0 Å². The summed E-state index contributed by atoms with van der Waals surface area (Å²) in [5.41, 5.74) is 0. The van der Waals surface area contributed by atoms with Crippen molar-refractivity contribution in [2.75, 3.05) is 62.3 Å². The lowest BCUT2D eigenvalue weighted by molar-refractivity contribution is 0.122. The summed E-state index contributed by atoms with van der Waals surface area (Å²) in [6.07, 6.45) is 1.73. The summed E-state index contributed by atoms with van der Waals surface area (Å²) in [7, 11) is -3.65. The van der Waals surface area contributed by atoms with E-state index in [1.165, 1.54) is 16.4 Å². The van der Waals surface area contributed by atoms with Gasteiger partial charge in [0.1, 0.15) is 11.6 Å². The number of hydrogen-bond acceptors (Lipinski definition) is 7. The number of hydrogen-bond donors (Lipinski definition) is 0. The summed E-state index contributed by atoms with van der Waals surface area (Å²) >= 11 is 3.51. The molecule has 29 heavy (non-hydrogen) atoms. The zero-order valence-electron chi connectivity index (χ0n) is 15.7. The Morgan fingerprint density at radius 3 is 2.28 bits per heavy atom. The van der Waals surface area contributed by atoms with E-state index >= 15 is 0 Å². The number of benzene rings is 1. The van der Waals surface area contributed by atoms with Gasteiger partial charge >= 0.3 is 0 Å². The maximum atomic E-state index is 13.1. The number of aromatic nitrogens is 2. The average molecular weight is 486 g/mol. The van der Waals surface area contributed by atoms with Gasteiger partial charge in [-0.3, -0.25) is 0 Å². The van der Waals surface area contributed by atoms with Gasteiger partial charge in [-0.15, -0.1) is 0 Å². The quantitative estimate of drug-likeness (QED) is 0.652. The van der Waals surface area contributed by atoms with Crippen molar-refractivity contribution < 1.29 is 17.5 Å². The van der Waals surface area contributed by atoms with Gasteiger partial charge in [0.15, 0.2) is 0 Å². The van der Waals surface area contributed by atoms with Crippen molar-refractivity contribution in [3.05, 3.63) is 40.8 Å². The minimum atomic E-state index is -3.65. The zero-order valence-corrected chi connectivity index (χ0v) is 18.1. The molecule has 156 valence electrons. The molecule has 2 aromatic rings. The lowest BCUT2D eigenvalue weighted by atomic mass is 10.3. The first-order chi connectivity index (χ1) is 13.9. The standard InChI is InChI=1S/C18H21BrFN5O3S/c19-16-13-21-18(24-9-11-28-12-10-24)22-17(16)23-5-7-25(8-6-23)29(26,27)15-3-1-14(20)2-4-15/h1-4,13H,5-12H2. The number of piperazine rings is 1. The molecular weight excluding hydrogens is 465 g/mol. The predicted molar refractivity (Wildman–Crippen MR) is 110 cm³/mol. The molecule has 0 radical (unpaired) electrons. The van der Waals surface area contributed by atoms with Crippen LogP contribution in [0.2, 0.25) is 0 Å². The fourth-order valence-corrected chi connectivity index (χ4v) is 5.25. The number of ether oxygens (including phenoxy) is 1. The van der Waals surface area contributed by atoms with Crippen LogP contribution in [0.25, 0.3) is 0 Å². The van der Waals surface area contributed by atoms with Crippen LogP contribution >= 0.6 is 15.9 Å². The fourth-order valence-electron chi connectivity index (χ4n) is 3.38. The predicted octanol–water partition coefficient (Wildman–Crippen LogP) is 1.73. The van der Waals surface area contributed by atoms with Crippen LogP contribution in [0.5, 0.6) is 0 Å². The number of rotatable bonds is 4. The molecular formula is C18H21BrFN5O3S. The van der Waals surface area contributed by atoms with Crippen molar-refractivity contribution in [2.45, 2.75) is 4.90 Å². The Morgan fingerprint density at radius 1 is 0.966 bits per heavy atom. The minimum Gasteiger partial charge on any atom is -0.378 e. The molecule has 0 aliphatic carbocycles. The first kappa shape index (κ1) is 20.5. The highest BCUT2D eigenvalue weighted by atomic mass is 79.9. The highest BCUT2D eigenvalue weighted by molar-refractivity contribution is 9.10. The summed E-state index contributed by atoms with van der Waals surface area (Å²) in [4.78, 5) is 13.3. The fraction of sp³-hybridized carbons (Fsp3) is 0.444. The van der Waals surface area contributed by atoms with Crippen molar-refractivity contribution in [1.29, 1.82) is 0 Å². The Kier molecular flexibility index (Phi) is 6.00. The number of nitrogens with zero attached hydrogens (tertiary/aromatic N) is 5. The summed E-state index contributed by atoms with van der Waals surface area (Å²) in [6.45, 7) is 4.42. The monoisotopic (exact) mass is 485 g/mol. The summed E-state index contributed by atoms with van der Waals surface area (Å²) in [5.74, 6) is 0.937. The van der Waals surface area contributed by atoms with Gasteiger partial charge in [-0.05, 0) is 40.2 Å². The number of sulfonamides is 1. The van der Waals surface area contributed by atoms with E-state index in [1.807, 2.05) is 4.90 Å². The van der Waals surface area contributed by atoms with Crippen LogP contribution in [-0.2, 0) is 14.8 Å². The van der Waals surface area contributed by atoms with Gasteiger partial charge < -0.3 is 14.5 Å². The highest BCUT2D eigenvalue weighted by Crippen LogP contribution is 2.28. The van der Waals surface area contributed by atoms with E-state index < -0.39 is 15.8 Å². The second-order valence-electron chi connectivity index (χ2n) is 6.79. The van der Waals surface area contributed by atoms with E-state index in [2.05, 4.69) is 25.8 Å². The molecule has 2 saturated heterocycles. The normalized spacial score (nSPS) is 18.8. The molecule has 8 nitrogen and oxygen atoms in total. The smallest absolute Gasteiger partial charge is 0.243 e. The largest absolute Gasteiger partial charge is 0.378 e. The van der Waals surface area contributed by atoms with E-state index in [9.17, 15) is 12.8 Å². The third-order valence-corrected chi connectivity index (χ3v) is 7.47. The van der Waals surface area contributed by atoms with Crippen LogP contribution in [0.4, 0.5) is 16.2 Å². The zero-order chi connectivity index (χ0) is 20.4. The van der Waals surface area contributed by atoms with Crippen LogP contribution in [0.3, 0.4) is 0 Å². The number of morpholine rings is 1. The molecule has 0 bridgehead atoms. The molecule has 0 amide bonds. The van der Waals surface area contributed by atoms with Gasteiger partial charge in [-0.25, -0.2) is 17.8 Å². The first-order valence-corrected chi connectivity index (χ1v) is 11.5. The summed E-state index contributed by atoms with van der Waals surface area (Å²) in [6, 6.07) is 4.92. The molecule has 11 heteroatoms. The first-order valence-electron chi connectivity index (χ1n) is 9.31. The molecule has 4 rings (SSSR count). The van der Waals surface area contributed by atoms with E-state index in [0.29, 0.717) is 45.3 Å². The Labute approximate surface area is 177 Å². The third-order valence-electron chi connectivity index (χ3n) is 5.00. The van der Waals surface area contributed by atoms with Crippen molar-refractivity contribution in [2.24, 2.45) is 0 Å². The van der Waals surface area contributed by atoms with Crippen LogP contribution < -0.4 is 9.80 Å². The van der Waals surface area contributed by atoms with Gasteiger partial charge in [0.05, 0.1) is 22.6 Å². The number of halogens is 2. The topological polar surface area (TPSA) is 78.9 Å². The molecule has 2 aliphatic heterocycles. The van der Waals surface area contributed by atoms with E-state index in [-0.39, 0.29) is 4.90 Å². The summed E-state index contributed by atoms with van der Waals surface area (Å²) < 4.78 is 46.3. The van der Waals surface area contributed by atoms with E-state index in [1.54, 1.807) is 6.20 Å². The molecule has 3 heterocycles. The Morgan fingerprint density at radius 2 is 1.62 bits per heavy atom. The Hall–Kier alpha value is -1.82. The van der Waals surface area contributed by atoms with Gasteiger partial charge in [0.25, 0.3) is 0 Å². The maximum Gasteiger partial charge on any atom is 0.243 e. The van der Waals surface area contributed by atoms with Crippen LogP contribution in [0, 0.1) is 5.82 Å². The molecule has 1 aromatic heterocycles. The highest BCUT2D eigenvalue weighted by Gasteiger charge is 2.30. The van der Waals surface area contributed by atoms with E-state index in [0.717, 1.165) is 35.5 Å². The molecule has 0 unspecified atom stereocenters. The second kappa shape index (κ2) is 8.50. The average Bonchev–Trinajstić information content (AvgIpc) is 2.75. The molecule has 2 fully saturated rings. The maximum absolute atomic E-state index is 13.1. The lowest BCUT2D eigenvalue weighted by Crippen LogP contribution is -2.49. The molecule has 0 atom stereocenters. The van der Waals surface area contributed by atoms with Gasteiger partial charge in [0, 0.05) is 45.5 Å². The third kappa shape index (κ3) is 4.37. The van der Waals surface area contributed by atoms with Crippen molar-refractivity contribution >= 4 is 37.7 Å².